The van der Waals surface area contributed by atoms with Gasteiger partial charge in [0.1, 0.15) is 34.6 Å². The quantitative estimate of drug-likeness (QED) is 0.142. The fourth-order valence-electron chi connectivity index (χ4n) is 8.02. The van der Waals surface area contributed by atoms with Gasteiger partial charge in [-0.3, -0.25) is 0 Å². The number of hydrogen-bond donors (Lipinski definition) is 4. The van der Waals surface area contributed by atoms with Crippen molar-refractivity contribution >= 4 is 5.69 Å². The van der Waals surface area contributed by atoms with Gasteiger partial charge in [0.05, 0.1) is 39.5 Å². The summed E-state index contributed by atoms with van der Waals surface area (Å²) in [7, 11) is 4.17. The summed E-state index contributed by atoms with van der Waals surface area (Å²) in [6.07, 6.45) is 0. The van der Waals surface area contributed by atoms with Crippen molar-refractivity contribution in [2.75, 3.05) is 19.0 Å². The lowest BCUT2D eigenvalue weighted by atomic mass is 9.83. The predicted octanol–water partition coefficient (Wildman–Crippen LogP) is 10.3. The first kappa shape index (κ1) is 30.6. The van der Waals surface area contributed by atoms with Gasteiger partial charge in [0.25, 0.3) is 0 Å². The van der Waals surface area contributed by atoms with Gasteiger partial charge in [-0.2, -0.15) is 0 Å². The van der Waals surface area contributed by atoms with Crippen molar-refractivity contribution in [1.82, 2.24) is 19.9 Å². The Labute approximate surface area is 289 Å². The molecular weight excluding hydrogens is 599 g/mol. The maximum absolute atomic E-state index is 3.95. The van der Waals surface area contributed by atoms with Crippen LogP contribution in [0.4, 0.5) is 5.69 Å². The lowest BCUT2D eigenvalue weighted by molar-refractivity contribution is 1.05. The molecule has 0 atom stereocenters. The molecule has 5 heteroatoms. The van der Waals surface area contributed by atoms with Crippen molar-refractivity contribution in [3.63, 3.8) is 0 Å². The van der Waals surface area contributed by atoms with Crippen LogP contribution in [0.3, 0.4) is 0 Å². The normalized spacial score (nSPS) is 12.4. The summed E-state index contributed by atoms with van der Waals surface area (Å²) in [5.74, 6) is 2.33. The Morgan fingerprint density at radius 1 is 0.449 bits per heavy atom. The summed E-state index contributed by atoms with van der Waals surface area (Å²) in [6.45, 7) is 13.2. The summed E-state index contributed by atoms with van der Waals surface area (Å²) in [6, 6.07) is 33.6. The SMILES string of the molecule is Cc1cc(C)c([C+]2c3ccc([nH]3)-c3ccc([nH]3)[C+](c3c(C)cc(C)cc3C)c3[nH]c(cc3-c3ccc(N(C)C)cc3)-c3ccc2[nH]3)c(C)c1. The van der Waals surface area contributed by atoms with Crippen molar-refractivity contribution in [2.24, 2.45) is 0 Å². The van der Waals surface area contributed by atoms with E-state index in [9.17, 15) is 0 Å². The van der Waals surface area contributed by atoms with Gasteiger partial charge in [0.2, 0.25) is 0 Å². The Morgan fingerprint density at radius 2 is 0.878 bits per heavy atom. The Bertz CT molecular complexity index is 2290. The van der Waals surface area contributed by atoms with Crippen LogP contribution < -0.4 is 4.90 Å². The number of aryl methyl sites for hydroxylation is 6. The van der Waals surface area contributed by atoms with Crippen molar-refractivity contribution in [2.45, 2.75) is 41.5 Å². The maximum atomic E-state index is 3.95. The molecule has 0 aliphatic carbocycles. The summed E-state index contributed by atoms with van der Waals surface area (Å²) in [5, 5.41) is 0. The minimum Gasteiger partial charge on any atom is -0.378 e. The number of anilines is 1. The molecule has 7 aromatic rings. The van der Waals surface area contributed by atoms with Crippen LogP contribution in [0.5, 0.6) is 0 Å². The van der Waals surface area contributed by atoms with E-state index in [2.05, 4.69) is 171 Å². The van der Waals surface area contributed by atoms with E-state index in [1.54, 1.807) is 0 Å². The van der Waals surface area contributed by atoms with E-state index in [0.717, 1.165) is 62.6 Å². The molecule has 1 aliphatic rings. The lowest BCUT2D eigenvalue weighted by Crippen LogP contribution is -2.12. The number of nitrogens with zero attached hydrogens (tertiary/aromatic N) is 1. The van der Waals surface area contributed by atoms with Gasteiger partial charge in [0, 0.05) is 71.9 Å². The first-order chi connectivity index (χ1) is 23.5. The van der Waals surface area contributed by atoms with Crippen LogP contribution in [0.15, 0.2) is 91.0 Å². The maximum Gasteiger partial charge on any atom is 0.125 e. The molecule has 1 aliphatic heterocycles. The lowest BCUT2D eigenvalue weighted by Gasteiger charge is -2.17. The molecule has 8 rings (SSSR count). The predicted molar refractivity (Wildman–Crippen MR) is 203 cm³/mol. The van der Waals surface area contributed by atoms with Crippen molar-refractivity contribution in [1.29, 1.82) is 0 Å². The van der Waals surface area contributed by atoms with Crippen LogP contribution in [0, 0.1) is 53.4 Å². The van der Waals surface area contributed by atoms with Crippen LogP contribution in [-0.2, 0) is 0 Å². The van der Waals surface area contributed by atoms with E-state index in [-0.39, 0.29) is 0 Å². The summed E-state index contributed by atoms with van der Waals surface area (Å²) in [5.41, 5.74) is 22.0. The fourth-order valence-corrected chi connectivity index (χ4v) is 8.02. The zero-order valence-corrected chi connectivity index (χ0v) is 29.6. The van der Waals surface area contributed by atoms with Gasteiger partial charge in [-0.05, 0) is 119 Å². The molecule has 5 heterocycles. The highest BCUT2D eigenvalue weighted by atomic mass is 15.1. The van der Waals surface area contributed by atoms with Crippen LogP contribution in [-0.4, -0.2) is 34.0 Å². The monoisotopic (exact) mass is 641 g/mol. The highest BCUT2D eigenvalue weighted by Gasteiger charge is 2.36. The Hall–Kier alpha value is -5.68. The highest BCUT2D eigenvalue weighted by Crippen LogP contribution is 2.44. The molecular formula is C44H43N5+2. The number of nitrogens with one attached hydrogen (secondary N) is 4. The zero-order valence-electron chi connectivity index (χ0n) is 29.6. The first-order valence-electron chi connectivity index (χ1n) is 17.1. The second-order valence-corrected chi connectivity index (χ2v) is 14.1. The zero-order chi connectivity index (χ0) is 34.1. The number of fused-ring (bicyclic) bond motifs is 10. The van der Waals surface area contributed by atoms with E-state index in [4.69, 9.17) is 0 Å². The summed E-state index contributed by atoms with van der Waals surface area (Å²) >= 11 is 0. The Balaban J connectivity index is 1.41. The standard InChI is InChI=1S/C44H43N5/c1-24-19-26(3)40(27(4)20-24)42-36-16-13-33(45-36)34-14-18-38(46-34)43(41-28(5)21-25(2)22-29(41)6)44-32(30-9-11-31(12-10-30)49(7)8)23-39(48-44)35-15-17-37(42)47-35/h9-23,45-48H,1-8H3/q+2. The van der Waals surface area contributed by atoms with Crippen molar-refractivity contribution in [3.05, 3.63) is 170 Å². The molecule has 0 spiro atoms. The third-order valence-electron chi connectivity index (χ3n) is 10.1. The molecule has 5 nitrogen and oxygen atoms in total. The van der Waals surface area contributed by atoms with Crippen molar-refractivity contribution < 1.29 is 0 Å². The largest absolute Gasteiger partial charge is 0.378 e. The van der Waals surface area contributed by atoms with E-state index in [1.165, 1.54) is 56.1 Å². The van der Waals surface area contributed by atoms with Gasteiger partial charge in [-0.25, -0.2) is 0 Å². The van der Waals surface area contributed by atoms with Gasteiger partial charge in [-0.15, -0.1) is 0 Å². The van der Waals surface area contributed by atoms with Gasteiger partial charge >= 0.3 is 0 Å². The van der Waals surface area contributed by atoms with Crippen LogP contribution >= 0.6 is 0 Å². The number of aromatic nitrogens is 4. The van der Waals surface area contributed by atoms with Crippen LogP contribution in [0.2, 0.25) is 0 Å². The molecule has 0 saturated carbocycles. The Morgan fingerprint density at radius 3 is 1.35 bits per heavy atom. The van der Waals surface area contributed by atoms with Gasteiger partial charge < -0.3 is 24.8 Å². The first-order valence-corrected chi connectivity index (χ1v) is 17.1. The second kappa shape index (κ2) is 11.5. The molecule has 3 aromatic carbocycles. The Kier molecular flexibility index (Phi) is 7.18. The smallest absolute Gasteiger partial charge is 0.125 e. The van der Waals surface area contributed by atoms with Gasteiger partial charge in [-0.1, -0.05) is 0 Å². The van der Waals surface area contributed by atoms with Crippen molar-refractivity contribution in [3.8, 4) is 33.9 Å². The third-order valence-corrected chi connectivity index (χ3v) is 10.1. The van der Waals surface area contributed by atoms with Crippen LogP contribution in [0.25, 0.3) is 33.9 Å². The molecule has 0 radical (unpaired) electrons. The second-order valence-electron chi connectivity index (χ2n) is 14.1. The number of rotatable bonds is 4. The molecule has 4 aromatic heterocycles. The van der Waals surface area contributed by atoms with E-state index >= 15 is 0 Å². The molecule has 4 N–H and O–H groups in total. The molecule has 49 heavy (non-hydrogen) atoms. The van der Waals surface area contributed by atoms with E-state index < -0.39 is 0 Å². The van der Waals surface area contributed by atoms with Gasteiger partial charge in [0.15, 0.2) is 0 Å². The molecule has 0 fully saturated rings. The highest BCUT2D eigenvalue weighted by molar-refractivity contribution is 5.81. The summed E-state index contributed by atoms with van der Waals surface area (Å²) in [4.78, 5) is 17.6. The molecule has 0 unspecified atom stereocenters. The topological polar surface area (TPSA) is 66.4 Å². The minimum atomic E-state index is 1.04. The minimum absolute atomic E-state index is 1.04. The fraction of sp³-hybridized carbons (Fsp3) is 0.182. The van der Waals surface area contributed by atoms with Crippen LogP contribution in [0.1, 0.15) is 67.3 Å². The number of benzene rings is 3. The average Bonchev–Trinajstić information content (AvgIpc) is 3.87. The molecule has 0 saturated heterocycles. The van der Waals surface area contributed by atoms with E-state index in [0.29, 0.717) is 0 Å². The molecule has 8 bridgehead atoms. The number of hydrogen-bond acceptors (Lipinski definition) is 1. The molecule has 242 valence electrons. The molecule has 0 amide bonds. The number of H-pyrrole nitrogens is 4. The van der Waals surface area contributed by atoms with E-state index in [1.807, 2.05) is 0 Å². The average molecular weight is 642 g/mol. The summed E-state index contributed by atoms with van der Waals surface area (Å²) < 4.78 is 0. The third kappa shape index (κ3) is 5.17. The number of aromatic amines is 4.